The largest absolute Gasteiger partial charge is 0.437 e. The fraction of sp³-hybridized carbons (Fsp3) is 0.129. The summed E-state index contributed by atoms with van der Waals surface area (Å²) in [7, 11) is -0.946. The van der Waals surface area contributed by atoms with Gasteiger partial charge in [-0.3, -0.25) is 9.10 Å². The van der Waals surface area contributed by atoms with E-state index in [4.69, 9.17) is 9.40 Å². The summed E-state index contributed by atoms with van der Waals surface area (Å²) >= 11 is 0. The van der Waals surface area contributed by atoms with Gasteiger partial charge in [0.2, 0.25) is 15.7 Å². The molecule has 0 unspecified atom stereocenters. The minimum absolute atomic E-state index is 0.0175. The molecule has 9 nitrogen and oxygen atoms in total. The molecule has 12 heteroatoms. The summed E-state index contributed by atoms with van der Waals surface area (Å²) in [5.41, 5.74) is 4.37. The Morgan fingerprint density at radius 1 is 1.02 bits per heavy atom. The molecule has 6 aromatic rings. The standard InChI is InChI=1S/C31H23F2N5O4S/c1-34-30(39)26-21-13-20(23-12-9-17-15-38-24-6-4-5-22(33)19(24)14-25(38)27(17)35-23)29(37(2)43(3,40)41)36-31(21)42-28(26)16-7-10-18(32)11-8-16/h4-14H,15H2,1-3H3,(H,34,39). The molecule has 1 N–H and O–H groups in total. The Morgan fingerprint density at radius 2 is 1.79 bits per heavy atom. The third-order valence-corrected chi connectivity index (χ3v) is 8.91. The predicted molar refractivity (Wildman–Crippen MR) is 159 cm³/mol. The van der Waals surface area contributed by atoms with Gasteiger partial charge in [0.15, 0.2) is 5.82 Å². The number of nitrogens with one attached hydrogen (secondary N) is 1. The first-order chi connectivity index (χ1) is 20.5. The summed E-state index contributed by atoms with van der Waals surface area (Å²) in [5, 5.41) is 3.41. The average Bonchev–Trinajstić information content (AvgIpc) is 3.66. The van der Waals surface area contributed by atoms with Crippen LogP contribution in [0.3, 0.4) is 0 Å². The Balaban J connectivity index is 1.49. The minimum Gasteiger partial charge on any atom is -0.437 e. The van der Waals surface area contributed by atoms with E-state index in [2.05, 4.69) is 10.3 Å². The number of fused-ring (bicyclic) bond motifs is 6. The highest BCUT2D eigenvalue weighted by Crippen LogP contribution is 2.42. The number of benzene rings is 2. The summed E-state index contributed by atoms with van der Waals surface area (Å²) in [5.74, 6) is -1.07. The molecule has 0 radical (unpaired) electrons. The van der Waals surface area contributed by atoms with E-state index in [0.29, 0.717) is 39.8 Å². The molecule has 216 valence electrons. The number of amides is 1. The number of hydrogen-bond acceptors (Lipinski definition) is 6. The van der Waals surface area contributed by atoms with E-state index in [9.17, 15) is 22.0 Å². The Morgan fingerprint density at radius 3 is 2.51 bits per heavy atom. The lowest BCUT2D eigenvalue weighted by Gasteiger charge is -2.19. The van der Waals surface area contributed by atoms with E-state index in [0.717, 1.165) is 27.3 Å². The molecule has 7 rings (SSSR count). The van der Waals surface area contributed by atoms with Crippen molar-refractivity contribution < 1.29 is 26.4 Å². The van der Waals surface area contributed by atoms with Gasteiger partial charge in [0.1, 0.15) is 17.4 Å². The Bertz CT molecular complexity index is 2240. The molecule has 43 heavy (non-hydrogen) atoms. The van der Waals surface area contributed by atoms with Crippen LogP contribution in [0.1, 0.15) is 15.9 Å². The lowest BCUT2D eigenvalue weighted by molar-refractivity contribution is 0.0964. The van der Waals surface area contributed by atoms with Crippen molar-refractivity contribution in [1.29, 1.82) is 0 Å². The van der Waals surface area contributed by atoms with E-state index in [-0.39, 0.29) is 28.7 Å². The fourth-order valence-electron chi connectivity index (χ4n) is 5.53. The molecule has 0 spiro atoms. The number of anilines is 1. The smallest absolute Gasteiger partial charge is 0.255 e. The summed E-state index contributed by atoms with van der Waals surface area (Å²) in [4.78, 5) is 22.6. The molecule has 0 saturated heterocycles. The number of carbonyl (C=O) groups is 1. The fourth-order valence-corrected chi connectivity index (χ4v) is 5.98. The number of pyridine rings is 2. The van der Waals surface area contributed by atoms with Crippen LogP contribution in [-0.2, 0) is 16.6 Å². The van der Waals surface area contributed by atoms with Crippen molar-refractivity contribution in [3.05, 3.63) is 89.5 Å². The molecular weight excluding hydrogens is 576 g/mol. The van der Waals surface area contributed by atoms with Crippen LogP contribution in [0.4, 0.5) is 14.6 Å². The van der Waals surface area contributed by atoms with Crippen LogP contribution in [0.5, 0.6) is 0 Å². The molecule has 0 aliphatic carbocycles. The minimum atomic E-state index is -3.78. The lowest BCUT2D eigenvalue weighted by atomic mass is 10.0. The second-order valence-corrected chi connectivity index (χ2v) is 12.3. The van der Waals surface area contributed by atoms with Crippen molar-refractivity contribution in [2.45, 2.75) is 6.54 Å². The highest BCUT2D eigenvalue weighted by Gasteiger charge is 2.29. The normalized spacial score (nSPS) is 12.5. The molecule has 4 aromatic heterocycles. The van der Waals surface area contributed by atoms with Crippen molar-refractivity contribution in [1.82, 2.24) is 19.9 Å². The summed E-state index contributed by atoms with van der Waals surface area (Å²) < 4.78 is 62.7. The van der Waals surface area contributed by atoms with Gasteiger partial charge in [-0.1, -0.05) is 12.1 Å². The Hall–Kier alpha value is -5.10. The van der Waals surface area contributed by atoms with Crippen LogP contribution in [0.2, 0.25) is 0 Å². The zero-order valence-corrected chi connectivity index (χ0v) is 24.0. The zero-order valence-electron chi connectivity index (χ0n) is 23.1. The number of halogens is 2. The predicted octanol–water partition coefficient (Wildman–Crippen LogP) is 5.57. The maximum absolute atomic E-state index is 14.6. The molecule has 0 saturated carbocycles. The van der Waals surface area contributed by atoms with E-state index < -0.39 is 21.7 Å². The van der Waals surface area contributed by atoms with Gasteiger partial charge in [-0.25, -0.2) is 22.2 Å². The number of sulfonamides is 1. The summed E-state index contributed by atoms with van der Waals surface area (Å²) in [6.45, 7) is 0.502. The van der Waals surface area contributed by atoms with E-state index in [1.165, 1.54) is 44.4 Å². The van der Waals surface area contributed by atoms with Gasteiger partial charge in [-0.15, -0.1) is 0 Å². The van der Waals surface area contributed by atoms with Gasteiger partial charge < -0.3 is 14.3 Å². The molecule has 2 aromatic carbocycles. The molecule has 1 amide bonds. The van der Waals surface area contributed by atoms with Crippen LogP contribution < -0.4 is 9.62 Å². The van der Waals surface area contributed by atoms with Crippen molar-refractivity contribution in [2.75, 3.05) is 24.7 Å². The van der Waals surface area contributed by atoms with Gasteiger partial charge in [0, 0.05) is 30.6 Å². The van der Waals surface area contributed by atoms with Crippen molar-refractivity contribution in [3.8, 4) is 34.0 Å². The molecule has 5 heterocycles. The van der Waals surface area contributed by atoms with Gasteiger partial charge in [-0.05, 0) is 60.2 Å². The van der Waals surface area contributed by atoms with E-state index >= 15 is 0 Å². The van der Waals surface area contributed by atoms with Crippen LogP contribution in [-0.4, -0.2) is 49.2 Å². The zero-order chi connectivity index (χ0) is 30.2. The maximum atomic E-state index is 14.6. The molecule has 0 atom stereocenters. The quantitative estimate of drug-likeness (QED) is 0.277. The summed E-state index contributed by atoms with van der Waals surface area (Å²) in [6, 6.07) is 17.4. The Labute approximate surface area is 244 Å². The maximum Gasteiger partial charge on any atom is 0.255 e. The van der Waals surface area contributed by atoms with Crippen molar-refractivity contribution >= 4 is 43.8 Å². The molecule has 0 bridgehead atoms. The number of aromatic nitrogens is 3. The number of furan rings is 1. The number of carbonyl (C=O) groups excluding carboxylic acids is 1. The topological polar surface area (TPSA) is 110 Å². The van der Waals surface area contributed by atoms with E-state index in [1.54, 1.807) is 24.3 Å². The number of hydrogen-bond donors (Lipinski definition) is 1. The van der Waals surface area contributed by atoms with Crippen molar-refractivity contribution in [2.24, 2.45) is 0 Å². The van der Waals surface area contributed by atoms with Gasteiger partial charge >= 0.3 is 0 Å². The van der Waals surface area contributed by atoms with Crippen LogP contribution in [0.15, 0.2) is 71.1 Å². The number of rotatable bonds is 5. The summed E-state index contributed by atoms with van der Waals surface area (Å²) in [6.07, 6.45) is 1.05. The van der Waals surface area contributed by atoms with Crippen molar-refractivity contribution in [3.63, 3.8) is 0 Å². The molecule has 1 aliphatic rings. The van der Waals surface area contributed by atoms with Crippen LogP contribution >= 0.6 is 0 Å². The highest BCUT2D eigenvalue weighted by molar-refractivity contribution is 7.92. The monoisotopic (exact) mass is 599 g/mol. The third-order valence-electron chi connectivity index (χ3n) is 7.74. The van der Waals surface area contributed by atoms with Crippen LogP contribution in [0.25, 0.3) is 56.0 Å². The second kappa shape index (κ2) is 9.46. The SMILES string of the molecule is CNC(=O)c1c(-c2ccc(F)cc2)oc2nc(N(C)S(C)(=O)=O)c(-c3ccc4c(n3)-c3cc5c(F)cccc5n3C4)cc12. The molecule has 0 fully saturated rings. The van der Waals surface area contributed by atoms with E-state index in [1.807, 2.05) is 16.7 Å². The first-order valence-electron chi connectivity index (χ1n) is 13.2. The van der Waals surface area contributed by atoms with Gasteiger partial charge in [0.05, 0.1) is 46.3 Å². The number of nitrogens with zero attached hydrogens (tertiary/aromatic N) is 4. The molecule has 1 aliphatic heterocycles. The Kier molecular flexibility index (Phi) is 5.89. The second-order valence-electron chi connectivity index (χ2n) is 10.3. The highest BCUT2D eigenvalue weighted by atomic mass is 32.2. The first-order valence-corrected chi connectivity index (χ1v) is 15.1. The lowest BCUT2D eigenvalue weighted by Crippen LogP contribution is -2.26. The average molecular weight is 600 g/mol. The third kappa shape index (κ3) is 4.16. The molecular formula is C31H23F2N5O4S. The van der Waals surface area contributed by atoms with Crippen LogP contribution in [0, 0.1) is 11.6 Å². The first kappa shape index (κ1) is 26.8. The van der Waals surface area contributed by atoms with Gasteiger partial charge in [0.25, 0.3) is 5.91 Å². The van der Waals surface area contributed by atoms with Gasteiger partial charge in [-0.2, -0.15) is 4.98 Å².